The third-order valence-electron chi connectivity index (χ3n) is 4.02. The first-order chi connectivity index (χ1) is 11.6. The highest BCUT2D eigenvalue weighted by Crippen LogP contribution is 2.41. The quantitative estimate of drug-likeness (QED) is 0.729. The molecule has 5 nitrogen and oxygen atoms in total. The lowest BCUT2D eigenvalue weighted by Gasteiger charge is -2.16. The third-order valence-corrected chi connectivity index (χ3v) is 4.78. The standard InChI is InChI=1S/C18H11NO4S/c20-16-11-8-4-5-9-12(11)17(24(22)23)14-13(16)15(19-18(14)21)10-6-2-1-3-7-10/h1-9,20H,(H,22,23)/p-1. The monoisotopic (exact) mass is 336 g/mol. The van der Waals surface area contributed by atoms with E-state index in [9.17, 15) is 18.7 Å². The molecule has 3 aromatic carbocycles. The van der Waals surface area contributed by atoms with Crippen LogP contribution in [0.4, 0.5) is 0 Å². The number of hydrogen-bond donors (Lipinski definition) is 1. The fourth-order valence-electron chi connectivity index (χ4n) is 3.01. The lowest BCUT2D eigenvalue weighted by Crippen LogP contribution is -2.06. The number of aromatic hydroxyl groups is 1. The first-order valence-electron chi connectivity index (χ1n) is 7.15. The van der Waals surface area contributed by atoms with Crippen molar-refractivity contribution >= 4 is 33.5 Å². The van der Waals surface area contributed by atoms with Crippen molar-refractivity contribution in [3.05, 3.63) is 71.3 Å². The minimum Gasteiger partial charge on any atom is -0.768 e. The zero-order chi connectivity index (χ0) is 16.8. The maximum absolute atomic E-state index is 12.4. The average molecular weight is 336 g/mol. The number of rotatable bonds is 2. The number of hydrogen-bond acceptors (Lipinski definition) is 4. The molecule has 1 aliphatic rings. The molecule has 1 aliphatic heterocycles. The normalized spacial score (nSPS) is 14.5. The van der Waals surface area contributed by atoms with Crippen LogP contribution < -0.4 is 0 Å². The number of amides is 1. The summed E-state index contributed by atoms with van der Waals surface area (Å²) < 4.78 is 23.6. The van der Waals surface area contributed by atoms with Crippen LogP contribution in [0, 0.1) is 0 Å². The number of fused-ring (bicyclic) bond motifs is 2. The molecule has 118 valence electrons. The molecule has 0 bridgehead atoms. The Hall–Kier alpha value is -2.83. The highest BCUT2D eigenvalue weighted by Gasteiger charge is 2.32. The van der Waals surface area contributed by atoms with Gasteiger partial charge in [-0.05, 0) is 11.1 Å². The molecule has 0 radical (unpaired) electrons. The van der Waals surface area contributed by atoms with Gasteiger partial charge in [-0.3, -0.25) is 9.00 Å². The van der Waals surface area contributed by atoms with Crippen molar-refractivity contribution in [1.82, 2.24) is 0 Å². The Morgan fingerprint density at radius 2 is 1.54 bits per heavy atom. The molecular formula is C18H10NO4S-. The van der Waals surface area contributed by atoms with Gasteiger partial charge >= 0.3 is 0 Å². The first-order valence-corrected chi connectivity index (χ1v) is 8.23. The zero-order valence-corrected chi connectivity index (χ0v) is 13.0. The molecule has 1 amide bonds. The highest BCUT2D eigenvalue weighted by atomic mass is 32.2. The minimum atomic E-state index is -2.64. The third kappa shape index (κ3) is 2.01. The number of aliphatic imine (C=N–C) groups is 1. The second-order valence-corrected chi connectivity index (χ2v) is 6.22. The fraction of sp³-hybridized carbons (Fsp3) is 0. The summed E-state index contributed by atoms with van der Waals surface area (Å²) in [6.45, 7) is 0. The van der Waals surface area contributed by atoms with Gasteiger partial charge in [0.1, 0.15) is 5.75 Å². The Labute approximate surface area is 139 Å². The van der Waals surface area contributed by atoms with Gasteiger partial charge in [0.15, 0.2) is 0 Å². The summed E-state index contributed by atoms with van der Waals surface area (Å²) in [7, 11) is 0. The first kappa shape index (κ1) is 14.7. The summed E-state index contributed by atoms with van der Waals surface area (Å²) in [5.74, 6) is -0.799. The van der Waals surface area contributed by atoms with Gasteiger partial charge in [0, 0.05) is 21.2 Å². The lowest BCUT2D eigenvalue weighted by atomic mass is 9.94. The summed E-state index contributed by atoms with van der Waals surface area (Å²) in [6, 6.07) is 15.4. The van der Waals surface area contributed by atoms with Crippen LogP contribution in [0.15, 0.2) is 64.5 Å². The minimum absolute atomic E-state index is 0.0709. The van der Waals surface area contributed by atoms with Crippen LogP contribution in [-0.4, -0.2) is 25.5 Å². The van der Waals surface area contributed by atoms with E-state index >= 15 is 0 Å². The Morgan fingerprint density at radius 1 is 0.917 bits per heavy atom. The lowest BCUT2D eigenvalue weighted by molar-refractivity contribution is 0.100. The van der Waals surface area contributed by atoms with Crippen LogP contribution in [0.2, 0.25) is 0 Å². The van der Waals surface area contributed by atoms with E-state index in [1.807, 2.05) is 6.07 Å². The van der Waals surface area contributed by atoms with Gasteiger partial charge < -0.3 is 9.66 Å². The molecule has 4 rings (SSSR count). The summed E-state index contributed by atoms with van der Waals surface area (Å²) >= 11 is -2.64. The number of phenolic OH excluding ortho intramolecular Hbond substituents is 1. The molecule has 1 heterocycles. The molecule has 0 fully saturated rings. The van der Waals surface area contributed by atoms with E-state index in [0.717, 1.165) is 0 Å². The maximum Gasteiger partial charge on any atom is 0.279 e. The predicted molar refractivity (Wildman–Crippen MR) is 89.2 cm³/mol. The van der Waals surface area contributed by atoms with Crippen molar-refractivity contribution in [1.29, 1.82) is 0 Å². The molecule has 6 heteroatoms. The number of benzene rings is 3. The molecule has 1 unspecified atom stereocenters. The smallest absolute Gasteiger partial charge is 0.279 e. The van der Waals surface area contributed by atoms with Crippen LogP contribution in [-0.2, 0) is 11.1 Å². The number of carbonyl (C=O) groups excluding carboxylic acids is 1. The number of carbonyl (C=O) groups is 1. The van der Waals surface area contributed by atoms with Gasteiger partial charge in [0.25, 0.3) is 5.91 Å². The molecule has 24 heavy (non-hydrogen) atoms. The predicted octanol–water partition coefficient (Wildman–Crippen LogP) is 2.77. The Kier molecular flexibility index (Phi) is 3.30. The molecular weight excluding hydrogens is 326 g/mol. The zero-order valence-electron chi connectivity index (χ0n) is 12.2. The van der Waals surface area contributed by atoms with Gasteiger partial charge in [-0.15, -0.1) is 0 Å². The summed E-state index contributed by atoms with van der Waals surface area (Å²) in [5.41, 5.74) is 1.02. The van der Waals surface area contributed by atoms with E-state index in [2.05, 4.69) is 4.99 Å². The van der Waals surface area contributed by atoms with Crippen molar-refractivity contribution in [2.24, 2.45) is 4.99 Å². The maximum atomic E-state index is 12.4. The van der Waals surface area contributed by atoms with E-state index in [1.165, 1.54) is 0 Å². The van der Waals surface area contributed by atoms with Crippen LogP contribution in [0.3, 0.4) is 0 Å². The Morgan fingerprint density at radius 3 is 2.21 bits per heavy atom. The molecule has 0 saturated heterocycles. The number of nitrogens with zero attached hydrogens (tertiary/aromatic N) is 1. The molecule has 0 saturated carbocycles. The van der Waals surface area contributed by atoms with Gasteiger partial charge in [0.2, 0.25) is 0 Å². The van der Waals surface area contributed by atoms with E-state index in [-0.39, 0.29) is 27.5 Å². The van der Waals surface area contributed by atoms with E-state index in [0.29, 0.717) is 16.3 Å². The topological polar surface area (TPSA) is 89.8 Å². The second-order valence-electron chi connectivity index (χ2n) is 5.34. The van der Waals surface area contributed by atoms with Gasteiger partial charge in [0.05, 0.1) is 16.8 Å². The van der Waals surface area contributed by atoms with Gasteiger partial charge in [-0.2, -0.15) is 0 Å². The second kappa shape index (κ2) is 5.36. The van der Waals surface area contributed by atoms with Crippen molar-refractivity contribution < 1.29 is 18.7 Å². The van der Waals surface area contributed by atoms with Crippen LogP contribution in [0.5, 0.6) is 5.75 Å². The Bertz CT molecular complexity index is 1060. The van der Waals surface area contributed by atoms with Crippen molar-refractivity contribution in [2.45, 2.75) is 4.90 Å². The molecule has 1 N–H and O–H groups in total. The van der Waals surface area contributed by atoms with Gasteiger partial charge in [-0.1, -0.05) is 54.6 Å². The van der Waals surface area contributed by atoms with E-state index in [4.69, 9.17) is 0 Å². The van der Waals surface area contributed by atoms with Gasteiger partial charge in [-0.25, -0.2) is 4.99 Å². The van der Waals surface area contributed by atoms with Crippen LogP contribution in [0.25, 0.3) is 10.8 Å². The summed E-state index contributed by atoms with van der Waals surface area (Å²) in [4.78, 5) is 16.3. The summed E-state index contributed by atoms with van der Waals surface area (Å²) in [6.07, 6.45) is 0. The SMILES string of the molecule is O=C1N=C(c2ccccc2)c2c1c(S(=O)[O-])c1ccccc1c2O. The highest BCUT2D eigenvalue weighted by molar-refractivity contribution is 7.79. The molecule has 1 atom stereocenters. The average Bonchev–Trinajstić information content (AvgIpc) is 2.93. The largest absolute Gasteiger partial charge is 0.768 e. The van der Waals surface area contributed by atoms with Crippen molar-refractivity contribution in [3.8, 4) is 5.75 Å². The molecule has 0 aliphatic carbocycles. The fourth-order valence-corrected chi connectivity index (χ4v) is 3.73. The molecule has 0 aromatic heterocycles. The summed E-state index contributed by atoms with van der Waals surface area (Å²) in [5, 5.41) is 11.4. The molecule has 3 aromatic rings. The molecule has 0 spiro atoms. The van der Waals surface area contributed by atoms with E-state index in [1.54, 1.807) is 48.5 Å². The number of phenols is 1. The Balaban J connectivity index is 2.15. The van der Waals surface area contributed by atoms with Crippen LogP contribution in [0.1, 0.15) is 21.5 Å². The van der Waals surface area contributed by atoms with Crippen molar-refractivity contribution in [2.75, 3.05) is 0 Å². The van der Waals surface area contributed by atoms with Crippen LogP contribution >= 0.6 is 0 Å². The van der Waals surface area contributed by atoms with E-state index < -0.39 is 17.0 Å². The van der Waals surface area contributed by atoms with Crippen molar-refractivity contribution in [3.63, 3.8) is 0 Å².